The van der Waals surface area contributed by atoms with Crippen LogP contribution in [0.25, 0.3) is 33.5 Å². The number of phosphoric ester groups is 3. The second-order valence-electron chi connectivity index (χ2n) is 18.8. The zero-order valence-corrected chi connectivity index (χ0v) is 44.4. The number of hydrogen-bond donors (Lipinski definition) is 12. The smallest absolute Gasteiger partial charge is 0.394 e. The summed E-state index contributed by atoms with van der Waals surface area (Å²) in [5.74, 6) is -0.924. The molecule has 4 aliphatic rings. The number of nitrogens with two attached hydrogens (primary N) is 4. The minimum atomic E-state index is -5.41. The van der Waals surface area contributed by atoms with Crippen molar-refractivity contribution in [2.24, 2.45) is 0 Å². The lowest BCUT2D eigenvalue weighted by Crippen LogP contribution is -2.31. The number of hydrogen-bond acceptors (Lipinski definition) is 30. The van der Waals surface area contributed by atoms with Gasteiger partial charge in [-0.05, 0) is 6.07 Å². The van der Waals surface area contributed by atoms with Gasteiger partial charge in [-0.25, -0.2) is 33.4 Å². The molecule has 442 valence electrons. The Labute approximate surface area is 454 Å². The summed E-state index contributed by atoms with van der Waals surface area (Å²) in [5.41, 5.74) is 19.4. The van der Waals surface area contributed by atoms with Crippen LogP contribution >= 0.6 is 23.5 Å². The summed E-state index contributed by atoms with van der Waals surface area (Å²) in [4.78, 5) is 119. The minimum absolute atomic E-state index is 0.0322. The number of fused-ring (bicyclic) bond motifs is 3. The average Bonchev–Trinajstić information content (AvgIpc) is 4.46. The van der Waals surface area contributed by atoms with Gasteiger partial charge in [0.1, 0.15) is 73.5 Å². The van der Waals surface area contributed by atoms with Gasteiger partial charge in [-0.1, -0.05) is 0 Å². The van der Waals surface area contributed by atoms with Crippen LogP contribution in [0.3, 0.4) is 0 Å². The molecule has 16 N–H and O–H groups in total. The van der Waals surface area contributed by atoms with E-state index < -0.39 is 152 Å². The van der Waals surface area contributed by atoms with Crippen molar-refractivity contribution in [1.29, 1.82) is 0 Å². The summed E-state index contributed by atoms with van der Waals surface area (Å²) in [6, 6.07) is 1.30. The molecule has 0 bridgehead atoms. The number of nitrogens with zero attached hydrogens (tertiary/aromatic N) is 11. The van der Waals surface area contributed by atoms with Gasteiger partial charge in [-0.3, -0.25) is 74.7 Å². The lowest BCUT2D eigenvalue weighted by atomic mass is 10.2. The van der Waals surface area contributed by atoms with E-state index in [0.29, 0.717) is 0 Å². The first-order chi connectivity index (χ1) is 38.9. The maximum absolute atomic E-state index is 14.1. The van der Waals surface area contributed by atoms with Crippen molar-refractivity contribution >= 4 is 80.6 Å². The van der Waals surface area contributed by atoms with Gasteiger partial charge in [0.2, 0.25) is 17.8 Å². The van der Waals surface area contributed by atoms with E-state index in [2.05, 4.69) is 49.8 Å². The molecule has 4 aliphatic heterocycles. The summed E-state index contributed by atoms with van der Waals surface area (Å²) in [6.45, 7) is -3.37. The number of aliphatic hydroxyl groups is 2. The molecule has 0 aromatic carbocycles. The molecular formula is C39H49N18O22P3. The van der Waals surface area contributed by atoms with Gasteiger partial charge in [0.05, 0.1) is 51.5 Å². The third-order valence-corrected chi connectivity index (χ3v) is 16.4. The fourth-order valence-corrected chi connectivity index (χ4v) is 12.5. The molecule has 3 unspecified atom stereocenters. The van der Waals surface area contributed by atoms with Crippen LogP contribution < -0.4 is 45.3 Å². The average molecular weight is 1210 g/mol. The second kappa shape index (κ2) is 22.1. The monoisotopic (exact) mass is 1210 g/mol. The van der Waals surface area contributed by atoms with Gasteiger partial charge >= 0.3 is 29.2 Å². The largest absolute Gasteiger partial charge is 0.472 e. The number of imidazole rings is 3. The van der Waals surface area contributed by atoms with Crippen LogP contribution in [0.5, 0.6) is 0 Å². The highest BCUT2D eigenvalue weighted by Gasteiger charge is 2.48. The molecule has 11 heterocycles. The summed E-state index contributed by atoms with van der Waals surface area (Å²) in [6.07, 6.45) is -12.5. The fourth-order valence-electron chi connectivity index (χ4n) is 9.66. The lowest BCUT2D eigenvalue weighted by Gasteiger charge is -2.25. The third kappa shape index (κ3) is 11.8. The van der Waals surface area contributed by atoms with Gasteiger partial charge in [0.15, 0.2) is 33.5 Å². The molecule has 4 fully saturated rings. The number of rotatable bonds is 20. The number of ether oxygens (including phenoxy) is 4. The van der Waals surface area contributed by atoms with Gasteiger partial charge in [-0.2, -0.15) is 19.9 Å². The Bertz CT molecular complexity index is 3960. The van der Waals surface area contributed by atoms with Gasteiger partial charge in [-0.15, -0.1) is 0 Å². The standard InChI is InChI=1S/C39H49N18O22P3/c40-22-1-2-54(39(63)47-22)24-4-15(18(7-58)73-24)77-81(66,67)71-9-20-17(6-26(75-20)57-13-46-29-32(57)50-38(43)53-35(29)62)79-82(68,69)72-10-21-16(5-25(76-21)56-12-45-28-31(56)49-37(42)52-34(28)61)78-80(64,65)70-8-19-14(59)3-23(74-19)55-11-44-27-30(55)48-36(41)51-33(27)60/h1-2,11-21,23-26,58-59H,3-10H2,(H,64,65)(H,66,67)(H,68,69)(H2,40,47,63)(H3,41,48,51,60)(H3,42,49,52,61)(H3,43,50,53,62)/t14-,15-,16-,17-,18+,19+,20+,21+,23+,24+,25+,26+/m0/s1. The molecule has 7 aromatic rings. The van der Waals surface area contributed by atoms with Crippen LogP contribution in [0.4, 0.5) is 23.7 Å². The molecule has 0 spiro atoms. The molecule has 0 saturated carbocycles. The molecule has 0 aliphatic carbocycles. The molecule has 4 saturated heterocycles. The highest BCUT2D eigenvalue weighted by molar-refractivity contribution is 7.48. The van der Waals surface area contributed by atoms with Gasteiger partial charge < -0.3 is 66.8 Å². The van der Waals surface area contributed by atoms with Crippen molar-refractivity contribution in [3.8, 4) is 0 Å². The number of phosphoric acid groups is 3. The number of nitrogens with one attached hydrogen (secondary N) is 3. The van der Waals surface area contributed by atoms with Crippen molar-refractivity contribution in [2.75, 3.05) is 49.4 Å². The van der Waals surface area contributed by atoms with E-state index in [-0.39, 0.29) is 76.4 Å². The number of aromatic amines is 3. The topological polar surface area (TPSA) is 574 Å². The van der Waals surface area contributed by atoms with E-state index in [0.717, 1.165) is 17.2 Å². The number of aliphatic hydroxyl groups excluding tert-OH is 2. The molecular weight excluding hydrogens is 1170 g/mol. The highest BCUT2D eigenvalue weighted by atomic mass is 31.2. The number of anilines is 4. The number of H-pyrrole nitrogens is 3. The summed E-state index contributed by atoms with van der Waals surface area (Å²) >= 11 is 0. The minimum Gasteiger partial charge on any atom is -0.394 e. The number of nitrogen functional groups attached to an aromatic ring is 4. The Morgan fingerprint density at radius 3 is 1.29 bits per heavy atom. The predicted octanol–water partition coefficient (Wildman–Crippen LogP) is -3.02. The van der Waals surface area contributed by atoms with Crippen molar-refractivity contribution in [1.82, 2.24) is 68.1 Å². The fraction of sp³-hybridized carbons (Fsp3) is 0.513. The first kappa shape index (κ1) is 57.1. The SMILES string of the molecule is Nc1ccn([C@H]2C[C@H](OP(=O)(O)OC[C@H]3O[C@@H](n4cnc5c(=O)[nH]c(N)nc54)C[C@@H]3OP(=O)(O)OC[C@H]3O[C@@H](n4cnc5c(=O)[nH]c(N)nc54)C[C@@H]3OP(=O)(O)OC[C@H]3O[C@@H](n4cnc5c(=O)[nH]c(N)nc54)C[C@@H]3O)[C@@H](CO)O2)c(=O)n1. The number of aromatic nitrogens is 14. The molecule has 0 radical (unpaired) electrons. The van der Waals surface area contributed by atoms with Crippen LogP contribution in [0.2, 0.25) is 0 Å². The zero-order valence-electron chi connectivity index (χ0n) is 41.7. The van der Waals surface area contributed by atoms with Crippen molar-refractivity contribution < 1.29 is 84.7 Å². The molecule has 40 nitrogen and oxygen atoms in total. The summed E-state index contributed by atoms with van der Waals surface area (Å²) in [7, 11) is -15.8. The Morgan fingerprint density at radius 1 is 0.537 bits per heavy atom. The first-order valence-electron chi connectivity index (χ1n) is 24.3. The van der Waals surface area contributed by atoms with Crippen molar-refractivity contribution in [3.05, 3.63) is 72.8 Å². The lowest BCUT2D eigenvalue weighted by molar-refractivity contribution is -0.0623. The van der Waals surface area contributed by atoms with E-state index in [9.17, 15) is 57.8 Å². The molecule has 11 rings (SSSR count). The Hall–Kier alpha value is -6.78. The Morgan fingerprint density at radius 2 is 0.890 bits per heavy atom. The van der Waals surface area contributed by atoms with E-state index in [1.54, 1.807) is 0 Å². The Balaban J connectivity index is 0.795. The summed E-state index contributed by atoms with van der Waals surface area (Å²) < 4.78 is 103. The van der Waals surface area contributed by atoms with Gasteiger partial charge in [0, 0.05) is 31.9 Å². The van der Waals surface area contributed by atoms with Crippen LogP contribution in [0, 0.1) is 0 Å². The van der Waals surface area contributed by atoms with E-state index in [4.69, 9.17) is 69.0 Å². The predicted molar refractivity (Wildman–Crippen MR) is 270 cm³/mol. The Kier molecular flexibility index (Phi) is 15.4. The van der Waals surface area contributed by atoms with Crippen molar-refractivity contribution in [2.45, 2.75) is 99.4 Å². The van der Waals surface area contributed by atoms with E-state index in [1.165, 1.54) is 32.3 Å². The summed E-state index contributed by atoms with van der Waals surface area (Å²) in [5, 5.41) is 20.9. The molecule has 43 heteroatoms. The van der Waals surface area contributed by atoms with Crippen molar-refractivity contribution in [3.63, 3.8) is 0 Å². The first-order valence-corrected chi connectivity index (χ1v) is 28.8. The molecule has 15 atom stereocenters. The van der Waals surface area contributed by atoms with Gasteiger partial charge in [0.25, 0.3) is 16.7 Å². The second-order valence-corrected chi connectivity index (χ2v) is 23.0. The van der Waals surface area contributed by atoms with Crippen LogP contribution in [-0.4, -0.2) is 168 Å². The van der Waals surface area contributed by atoms with E-state index in [1.807, 2.05) is 0 Å². The zero-order chi connectivity index (χ0) is 58.2. The maximum Gasteiger partial charge on any atom is 0.472 e. The van der Waals surface area contributed by atoms with Crippen LogP contribution in [0.1, 0.15) is 50.6 Å². The molecule has 7 aromatic heterocycles. The highest BCUT2D eigenvalue weighted by Crippen LogP contribution is 2.54. The van der Waals surface area contributed by atoms with Crippen LogP contribution in [-0.2, 0) is 59.8 Å². The quantitative estimate of drug-likeness (QED) is 0.0338. The van der Waals surface area contributed by atoms with E-state index >= 15 is 0 Å². The maximum atomic E-state index is 14.1. The third-order valence-electron chi connectivity index (χ3n) is 13.4. The normalized spacial score (nSPS) is 29.0. The molecule has 82 heavy (non-hydrogen) atoms. The molecule has 0 amide bonds. The van der Waals surface area contributed by atoms with Crippen LogP contribution in [0.15, 0.2) is 50.4 Å².